The molecular weight excluding hydrogens is 468 g/mol. The van der Waals surface area contributed by atoms with Crippen molar-refractivity contribution in [1.82, 2.24) is 10.2 Å². The van der Waals surface area contributed by atoms with E-state index in [9.17, 15) is 18.0 Å². The third kappa shape index (κ3) is 5.58. The Kier molecular flexibility index (Phi) is 6.75. The first-order valence-electron chi connectivity index (χ1n) is 10.3. The highest BCUT2D eigenvalue weighted by Crippen LogP contribution is 2.31. The van der Waals surface area contributed by atoms with Crippen LogP contribution < -0.4 is 10.2 Å². The van der Waals surface area contributed by atoms with E-state index in [1.54, 1.807) is 4.90 Å². The van der Waals surface area contributed by atoms with Gasteiger partial charge in [0.2, 0.25) is 17.7 Å². The van der Waals surface area contributed by atoms with Crippen LogP contribution in [0.4, 0.5) is 11.7 Å². The standard InChI is InChI=1S/C22H21ClN4O5S/c23-16-8-10-18(11-9-16)33(30,31)12-4-7-19(28)24-22-26-25-21(32-22)15-13-20(29)27(14-15)17-5-2-1-3-6-17/h1-3,5-6,8-11,15H,4,7,12-14H2,(H,24,26,28). The summed E-state index contributed by atoms with van der Waals surface area (Å²) >= 11 is 5.78. The Bertz CT molecular complexity index is 1250. The monoisotopic (exact) mass is 488 g/mol. The number of sulfone groups is 1. The maximum absolute atomic E-state index is 12.4. The molecule has 0 bridgehead atoms. The minimum atomic E-state index is -3.51. The fourth-order valence-electron chi connectivity index (χ4n) is 3.54. The molecule has 0 aliphatic carbocycles. The van der Waals surface area contributed by atoms with Gasteiger partial charge in [0.1, 0.15) is 0 Å². The Morgan fingerprint density at radius 1 is 1.12 bits per heavy atom. The van der Waals surface area contributed by atoms with Crippen LogP contribution in [0.1, 0.15) is 31.1 Å². The molecule has 1 fully saturated rings. The van der Waals surface area contributed by atoms with Crippen molar-refractivity contribution in [2.24, 2.45) is 0 Å². The molecule has 172 valence electrons. The average molecular weight is 489 g/mol. The topological polar surface area (TPSA) is 122 Å². The molecular formula is C22H21ClN4O5S. The number of nitrogens with one attached hydrogen (secondary N) is 1. The number of halogens is 1. The fourth-order valence-corrected chi connectivity index (χ4v) is 4.98. The summed E-state index contributed by atoms with van der Waals surface area (Å²) in [6.45, 7) is 0.404. The summed E-state index contributed by atoms with van der Waals surface area (Å²) in [5, 5.41) is 10.7. The first-order valence-corrected chi connectivity index (χ1v) is 12.3. The van der Waals surface area contributed by atoms with Gasteiger partial charge in [0.05, 0.1) is 16.6 Å². The maximum Gasteiger partial charge on any atom is 0.322 e. The lowest BCUT2D eigenvalue weighted by molar-refractivity contribution is -0.117. The zero-order valence-corrected chi connectivity index (χ0v) is 19.1. The van der Waals surface area contributed by atoms with Gasteiger partial charge in [-0.1, -0.05) is 34.9 Å². The van der Waals surface area contributed by atoms with Gasteiger partial charge < -0.3 is 9.32 Å². The van der Waals surface area contributed by atoms with Gasteiger partial charge in [0.25, 0.3) is 0 Å². The highest BCUT2D eigenvalue weighted by Gasteiger charge is 2.35. The molecule has 11 heteroatoms. The van der Waals surface area contributed by atoms with Gasteiger partial charge >= 0.3 is 6.01 Å². The lowest BCUT2D eigenvalue weighted by Gasteiger charge is -2.15. The van der Waals surface area contributed by atoms with Gasteiger partial charge in [0.15, 0.2) is 9.84 Å². The second kappa shape index (κ2) is 9.72. The van der Waals surface area contributed by atoms with E-state index in [4.69, 9.17) is 16.0 Å². The van der Waals surface area contributed by atoms with E-state index < -0.39 is 15.7 Å². The first kappa shape index (κ1) is 22.9. The average Bonchev–Trinajstić information content (AvgIpc) is 3.41. The smallest absolute Gasteiger partial charge is 0.322 e. The molecule has 0 spiro atoms. The normalized spacial score (nSPS) is 16.2. The Labute approximate surface area is 195 Å². The number of anilines is 2. The van der Waals surface area contributed by atoms with Gasteiger partial charge in [-0.05, 0) is 42.8 Å². The molecule has 1 N–H and O–H groups in total. The Hall–Kier alpha value is -3.24. The van der Waals surface area contributed by atoms with Crippen LogP contribution in [-0.2, 0) is 19.4 Å². The van der Waals surface area contributed by atoms with Crippen molar-refractivity contribution in [3.8, 4) is 0 Å². The molecule has 3 aromatic rings. The zero-order valence-electron chi connectivity index (χ0n) is 17.5. The molecule has 1 saturated heterocycles. The molecule has 33 heavy (non-hydrogen) atoms. The lowest BCUT2D eigenvalue weighted by Crippen LogP contribution is -2.24. The largest absolute Gasteiger partial charge is 0.407 e. The molecule has 1 aliphatic heterocycles. The van der Waals surface area contributed by atoms with Crippen molar-refractivity contribution in [2.75, 3.05) is 22.5 Å². The number of para-hydroxylation sites is 1. The van der Waals surface area contributed by atoms with Gasteiger partial charge in [-0.3, -0.25) is 14.9 Å². The van der Waals surface area contributed by atoms with Crippen molar-refractivity contribution in [3.05, 3.63) is 65.5 Å². The summed E-state index contributed by atoms with van der Waals surface area (Å²) in [6.07, 6.45) is 0.322. The van der Waals surface area contributed by atoms with Crippen LogP contribution in [0.5, 0.6) is 0 Å². The molecule has 2 heterocycles. The highest BCUT2D eigenvalue weighted by molar-refractivity contribution is 7.91. The third-order valence-electron chi connectivity index (χ3n) is 5.22. The van der Waals surface area contributed by atoms with E-state index in [1.807, 2.05) is 30.3 Å². The van der Waals surface area contributed by atoms with Crippen LogP contribution in [0, 0.1) is 0 Å². The highest BCUT2D eigenvalue weighted by atomic mass is 35.5. The molecule has 1 unspecified atom stereocenters. The number of hydrogen-bond acceptors (Lipinski definition) is 7. The number of nitrogens with zero attached hydrogens (tertiary/aromatic N) is 3. The molecule has 1 atom stereocenters. The number of carbonyl (C=O) groups excluding carboxylic acids is 2. The molecule has 2 aromatic carbocycles. The van der Waals surface area contributed by atoms with Crippen molar-refractivity contribution in [3.63, 3.8) is 0 Å². The van der Waals surface area contributed by atoms with Gasteiger partial charge in [-0.2, -0.15) is 0 Å². The molecule has 1 aliphatic rings. The van der Waals surface area contributed by atoms with Crippen LogP contribution in [0.25, 0.3) is 0 Å². The lowest BCUT2D eigenvalue weighted by atomic mass is 10.1. The van der Waals surface area contributed by atoms with Crippen molar-refractivity contribution in [2.45, 2.75) is 30.1 Å². The Balaban J connectivity index is 1.28. The van der Waals surface area contributed by atoms with Crippen LogP contribution >= 0.6 is 11.6 Å². The minimum Gasteiger partial charge on any atom is -0.407 e. The minimum absolute atomic E-state index is 0.0335. The molecule has 1 aromatic heterocycles. The molecule has 0 radical (unpaired) electrons. The number of carbonyl (C=O) groups is 2. The SMILES string of the molecule is O=C(CCCS(=O)(=O)c1ccc(Cl)cc1)Nc1nnc(C2CC(=O)N(c3ccccc3)C2)o1. The van der Waals surface area contributed by atoms with E-state index in [2.05, 4.69) is 15.5 Å². The predicted octanol–water partition coefficient (Wildman–Crippen LogP) is 3.44. The second-order valence-corrected chi connectivity index (χ2v) is 10.2. The summed E-state index contributed by atoms with van der Waals surface area (Å²) in [6, 6.07) is 15.1. The summed E-state index contributed by atoms with van der Waals surface area (Å²) in [5.41, 5.74) is 0.798. The molecule has 2 amide bonds. The van der Waals surface area contributed by atoms with Gasteiger partial charge in [0, 0.05) is 30.1 Å². The van der Waals surface area contributed by atoms with E-state index >= 15 is 0 Å². The number of rotatable bonds is 8. The quantitative estimate of drug-likeness (QED) is 0.515. The Morgan fingerprint density at radius 3 is 2.58 bits per heavy atom. The number of hydrogen-bond donors (Lipinski definition) is 1. The van der Waals surface area contributed by atoms with E-state index in [0.717, 1.165) is 5.69 Å². The number of amides is 2. The van der Waals surface area contributed by atoms with Gasteiger partial charge in [-0.25, -0.2) is 8.42 Å². The second-order valence-electron chi connectivity index (χ2n) is 7.61. The molecule has 9 nitrogen and oxygen atoms in total. The van der Waals surface area contributed by atoms with Crippen molar-refractivity contribution < 1.29 is 22.4 Å². The predicted molar refractivity (Wildman–Crippen MR) is 122 cm³/mol. The van der Waals surface area contributed by atoms with Crippen LogP contribution in [0.3, 0.4) is 0 Å². The van der Waals surface area contributed by atoms with E-state index in [-0.39, 0.29) is 53.6 Å². The van der Waals surface area contributed by atoms with Crippen molar-refractivity contribution >= 4 is 45.0 Å². The van der Waals surface area contributed by atoms with Gasteiger partial charge in [-0.15, -0.1) is 5.10 Å². The summed E-state index contributed by atoms with van der Waals surface area (Å²) in [5.74, 6) is -0.680. The third-order valence-corrected chi connectivity index (χ3v) is 7.29. The van der Waals surface area contributed by atoms with Crippen LogP contribution in [0.15, 0.2) is 63.9 Å². The molecule has 4 rings (SSSR count). The van der Waals surface area contributed by atoms with Crippen LogP contribution in [0.2, 0.25) is 5.02 Å². The maximum atomic E-state index is 12.4. The van der Waals surface area contributed by atoms with Crippen LogP contribution in [-0.4, -0.2) is 42.7 Å². The van der Waals surface area contributed by atoms with Crippen molar-refractivity contribution in [1.29, 1.82) is 0 Å². The Morgan fingerprint density at radius 2 is 1.85 bits per heavy atom. The fraction of sp³-hybridized carbons (Fsp3) is 0.273. The van der Waals surface area contributed by atoms with E-state index in [0.29, 0.717) is 11.6 Å². The number of benzene rings is 2. The van der Waals surface area contributed by atoms with E-state index in [1.165, 1.54) is 24.3 Å². The summed E-state index contributed by atoms with van der Waals surface area (Å²) in [7, 11) is -3.51. The number of aromatic nitrogens is 2. The summed E-state index contributed by atoms with van der Waals surface area (Å²) in [4.78, 5) is 26.4. The first-order chi connectivity index (χ1) is 15.8. The summed E-state index contributed by atoms with van der Waals surface area (Å²) < 4.78 is 30.2. The molecule has 0 saturated carbocycles. The zero-order chi connectivity index (χ0) is 23.4.